The van der Waals surface area contributed by atoms with Gasteiger partial charge in [0.25, 0.3) is 0 Å². The number of benzene rings is 1. The molecule has 0 bridgehead atoms. The third kappa shape index (κ3) is 2.88. The van der Waals surface area contributed by atoms with Crippen LogP contribution in [-0.2, 0) is 0 Å². The number of imidazole rings is 1. The monoisotopic (exact) mass is 261 g/mol. The Hall–Kier alpha value is -0.770. The number of halogens is 2. The smallest absolute Gasteiger partial charge is 0.124 e. The number of rotatable bonds is 2. The number of nitrogens with one attached hydrogen (secondary N) is 1. The molecule has 0 aliphatic carbocycles. The molecule has 3 nitrogen and oxygen atoms in total. The van der Waals surface area contributed by atoms with Gasteiger partial charge in [-0.1, -0.05) is 26.0 Å². The normalized spacial score (nSPS) is 12.0. The lowest BCUT2D eigenvalue weighted by Gasteiger charge is -2.11. The first-order chi connectivity index (χ1) is 6.68. The molecule has 0 fully saturated rings. The molecule has 2 aromatic rings. The van der Waals surface area contributed by atoms with E-state index in [1.807, 2.05) is 24.3 Å². The van der Waals surface area contributed by atoms with Gasteiger partial charge in [0.1, 0.15) is 5.82 Å². The Morgan fingerprint density at radius 3 is 2.38 bits per heavy atom. The highest BCUT2D eigenvalue weighted by Gasteiger charge is 2.14. The van der Waals surface area contributed by atoms with Crippen LogP contribution in [0.5, 0.6) is 0 Å². The van der Waals surface area contributed by atoms with Crippen molar-refractivity contribution in [1.29, 1.82) is 0 Å². The SMILES string of the molecule is CC(C)C(N)c1nc2ccccc2[nH]1.Cl.Cl. The molecule has 90 valence electrons. The highest BCUT2D eigenvalue weighted by molar-refractivity contribution is 5.85. The van der Waals surface area contributed by atoms with Crippen LogP contribution < -0.4 is 5.73 Å². The number of aromatic amines is 1. The van der Waals surface area contributed by atoms with Crippen molar-refractivity contribution in [2.75, 3.05) is 0 Å². The minimum absolute atomic E-state index is 0. The van der Waals surface area contributed by atoms with E-state index in [9.17, 15) is 0 Å². The second-order valence-corrected chi connectivity index (χ2v) is 3.91. The predicted octanol–water partition coefficient (Wildman–Crippen LogP) is 3.06. The van der Waals surface area contributed by atoms with Crippen molar-refractivity contribution in [3.63, 3.8) is 0 Å². The van der Waals surface area contributed by atoms with E-state index in [2.05, 4.69) is 23.8 Å². The third-order valence-electron chi connectivity index (χ3n) is 2.44. The van der Waals surface area contributed by atoms with Gasteiger partial charge in [0, 0.05) is 0 Å². The van der Waals surface area contributed by atoms with E-state index in [1.54, 1.807) is 0 Å². The standard InChI is InChI=1S/C11H15N3.2ClH/c1-7(2)10(12)11-13-8-5-3-4-6-9(8)14-11;;/h3-7,10H,12H2,1-2H3,(H,13,14);2*1H. The van der Waals surface area contributed by atoms with E-state index in [1.165, 1.54) is 0 Å². The van der Waals surface area contributed by atoms with Crippen molar-refractivity contribution in [3.05, 3.63) is 30.1 Å². The quantitative estimate of drug-likeness (QED) is 0.873. The molecule has 16 heavy (non-hydrogen) atoms. The molecule has 0 aliphatic heterocycles. The van der Waals surface area contributed by atoms with Gasteiger partial charge in [-0.2, -0.15) is 0 Å². The molecule has 0 amide bonds. The minimum Gasteiger partial charge on any atom is -0.341 e. The molecule has 3 N–H and O–H groups in total. The molecule has 1 aromatic carbocycles. The number of fused-ring (bicyclic) bond motifs is 1. The number of nitrogens with two attached hydrogens (primary N) is 1. The Kier molecular flexibility index (Phi) is 5.79. The van der Waals surface area contributed by atoms with E-state index in [0.29, 0.717) is 5.92 Å². The van der Waals surface area contributed by atoms with E-state index in [-0.39, 0.29) is 30.9 Å². The second-order valence-electron chi connectivity index (χ2n) is 3.91. The first kappa shape index (κ1) is 15.2. The van der Waals surface area contributed by atoms with Gasteiger partial charge in [0.2, 0.25) is 0 Å². The highest BCUT2D eigenvalue weighted by Crippen LogP contribution is 2.19. The van der Waals surface area contributed by atoms with Crippen molar-refractivity contribution in [3.8, 4) is 0 Å². The van der Waals surface area contributed by atoms with Gasteiger partial charge in [0.05, 0.1) is 17.1 Å². The van der Waals surface area contributed by atoms with Crippen LogP contribution in [-0.4, -0.2) is 9.97 Å². The molecule has 2 rings (SSSR count). The third-order valence-corrected chi connectivity index (χ3v) is 2.44. The molecule has 0 radical (unpaired) electrons. The Labute approximate surface area is 108 Å². The molecule has 5 heteroatoms. The zero-order chi connectivity index (χ0) is 10.1. The van der Waals surface area contributed by atoms with Gasteiger partial charge in [0.15, 0.2) is 0 Å². The zero-order valence-electron chi connectivity index (χ0n) is 9.31. The summed E-state index contributed by atoms with van der Waals surface area (Å²) >= 11 is 0. The second kappa shape index (κ2) is 6.09. The molecule has 0 saturated heterocycles. The fourth-order valence-electron chi connectivity index (χ4n) is 1.45. The molecule has 1 heterocycles. The molecular formula is C11H17Cl2N3. The number of nitrogens with zero attached hydrogens (tertiary/aromatic N) is 1. The van der Waals surface area contributed by atoms with Crippen molar-refractivity contribution < 1.29 is 0 Å². The van der Waals surface area contributed by atoms with Gasteiger partial charge >= 0.3 is 0 Å². The topological polar surface area (TPSA) is 54.7 Å². The predicted molar refractivity (Wildman–Crippen MR) is 72.4 cm³/mol. The lowest BCUT2D eigenvalue weighted by atomic mass is 10.1. The van der Waals surface area contributed by atoms with Crippen molar-refractivity contribution in [2.45, 2.75) is 19.9 Å². The number of aromatic nitrogens is 2. The summed E-state index contributed by atoms with van der Waals surface area (Å²) in [4.78, 5) is 7.69. The maximum absolute atomic E-state index is 6.01. The first-order valence-corrected chi connectivity index (χ1v) is 4.88. The summed E-state index contributed by atoms with van der Waals surface area (Å²) in [7, 11) is 0. The van der Waals surface area contributed by atoms with Gasteiger partial charge in [-0.3, -0.25) is 0 Å². The summed E-state index contributed by atoms with van der Waals surface area (Å²) in [5, 5.41) is 0. The van der Waals surface area contributed by atoms with Crippen LogP contribution in [0.25, 0.3) is 11.0 Å². The molecule has 0 saturated carbocycles. The fraction of sp³-hybridized carbons (Fsp3) is 0.364. The number of hydrogen-bond acceptors (Lipinski definition) is 2. The van der Waals surface area contributed by atoms with Crippen LogP contribution in [0.15, 0.2) is 24.3 Å². The molecular weight excluding hydrogens is 245 g/mol. The average molecular weight is 262 g/mol. The van der Waals surface area contributed by atoms with Crippen molar-refractivity contribution in [1.82, 2.24) is 9.97 Å². The number of para-hydroxylation sites is 2. The van der Waals surface area contributed by atoms with Gasteiger partial charge < -0.3 is 10.7 Å². The summed E-state index contributed by atoms with van der Waals surface area (Å²) in [5.41, 5.74) is 8.05. The Morgan fingerprint density at radius 1 is 1.19 bits per heavy atom. The van der Waals surface area contributed by atoms with Gasteiger partial charge in [-0.25, -0.2) is 4.98 Å². The maximum Gasteiger partial charge on any atom is 0.124 e. The van der Waals surface area contributed by atoms with Crippen molar-refractivity contribution >= 4 is 35.8 Å². The Bertz CT molecular complexity index is 406. The van der Waals surface area contributed by atoms with E-state index in [0.717, 1.165) is 16.9 Å². The van der Waals surface area contributed by atoms with Gasteiger partial charge in [-0.05, 0) is 18.1 Å². The number of hydrogen-bond donors (Lipinski definition) is 2. The van der Waals surface area contributed by atoms with Gasteiger partial charge in [-0.15, -0.1) is 24.8 Å². The van der Waals surface area contributed by atoms with E-state index < -0.39 is 0 Å². The summed E-state index contributed by atoms with van der Waals surface area (Å²) in [5.74, 6) is 1.27. The van der Waals surface area contributed by atoms with Crippen LogP contribution in [0.4, 0.5) is 0 Å². The minimum atomic E-state index is -0.0117. The van der Waals surface area contributed by atoms with Crippen molar-refractivity contribution in [2.24, 2.45) is 11.7 Å². The lowest BCUT2D eigenvalue weighted by Crippen LogP contribution is -2.17. The molecule has 1 atom stereocenters. The molecule has 1 unspecified atom stereocenters. The lowest BCUT2D eigenvalue weighted by molar-refractivity contribution is 0.495. The molecule has 0 aliphatic rings. The highest BCUT2D eigenvalue weighted by atomic mass is 35.5. The number of H-pyrrole nitrogens is 1. The summed E-state index contributed by atoms with van der Waals surface area (Å²) in [6.45, 7) is 4.19. The zero-order valence-corrected chi connectivity index (χ0v) is 10.9. The van der Waals surface area contributed by atoms with Crippen LogP contribution >= 0.6 is 24.8 Å². The van der Waals surface area contributed by atoms with E-state index in [4.69, 9.17) is 5.73 Å². The fourth-order valence-corrected chi connectivity index (χ4v) is 1.45. The Balaban J connectivity index is 0.00000112. The largest absolute Gasteiger partial charge is 0.341 e. The Morgan fingerprint density at radius 2 is 1.81 bits per heavy atom. The van der Waals surface area contributed by atoms with Crippen LogP contribution in [0.3, 0.4) is 0 Å². The first-order valence-electron chi connectivity index (χ1n) is 4.88. The van der Waals surface area contributed by atoms with Crippen LogP contribution in [0.2, 0.25) is 0 Å². The molecule has 0 spiro atoms. The summed E-state index contributed by atoms with van der Waals surface area (Å²) in [6.07, 6.45) is 0. The summed E-state index contributed by atoms with van der Waals surface area (Å²) < 4.78 is 0. The molecule has 1 aromatic heterocycles. The summed E-state index contributed by atoms with van der Waals surface area (Å²) in [6, 6.07) is 7.96. The van der Waals surface area contributed by atoms with Crippen LogP contribution in [0.1, 0.15) is 25.7 Å². The average Bonchev–Trinajstić information content (AvgIpc) is 2.59. The maximum atomic E-state index is 6.01. The van der Waals surface area contributed by atoms with E-state index >= 15 is 0 Å². The van der Waals surface area contributed by atoms with Crippen LogP contribution in [0, 0.1) is 5.92 Å².